The van der Waals surface area contributed by atoms with Crippen molar-refractivity contribution in [2.75, 3.05) is 0 Å². The average Bonchev–Trinajstić information content (AvgIpc) is 2.16. The third kappa shape index (κ3) is 1.57. The summed E-state index contributed by atoms with van der Waals surface area (Å²) in [6, 6.07) is 0. The first-order valence-corrected chi connectivity index (χ1v) is 6.04. The number of rotatable bonds is 0. The van der Waals surface area contributed by atoms with Crippen LogP contribution >= 0.6 is 36.7 Å². The molecule has 2 nitrogen and oxygen atoms in total. The van der Waals surface area contributed by atoms with Crippen molar-refractivity contribution in [3.05, 3.63) is 0 Å². The van der Waals surface area contributed by atoms with Gasteiger partial charge in [0, 0.05) is 0 Å². The number of thiocarbonyl (C=S) groups is 3. The first kappa shape index (κ1) is 10.4. The van der Waals surface area contributed by atoms with Crippen LogP contribution in [0.3, 0.4) is 0 Å². The van der Waals surface area contributed by atoms with Crippen LogP contribution in [0.5, 0.6) is 0 Å². The lowest BCUT2D eigenvalue weighted by Gasteiger charge is -2.42. The molecule has 5 heteroatoms. The summed E-state index contributed by atoms with van der Waals surface area (Å²) in [5, 5.41) is 6.62. The van der Waals surface area contributed by atoms with E-state index in [2.05, 4.69) is 10.6 Å². The van der Waals surface area contributed by atoms with Crippen molar-refractivity contribution >= 4 is 51.7 Å². The van der Waals surface area contributed by atoms with E-state index in [4.69, 9.17) is 36.7 Å². The van der Waals surface area contributed by atoms with Gasteiger partial charge in [0.25, 0.3) is 0 Å². The molecule has 2 N–H and O–H groups in total. The van der Waals surface area contributed by atoms with Crippen LogP contribution in [-0.4, -0.2) is 15.1 Å². The zero-order valence-electron chi connectivity index (χ0n) is 7.76. The highest BCUT2D eigenvalue weighted by molar-refractivity contribution is 7.83. The van der Waals surface area contributed by atoms with E-state index >= 15 is 0 Å². The maximum absolute atomic E-state index is 5.37. The quantitative estimate of drug-likeness (QED) is 0.636. The lowest BCUT2D eigenvalue weighted by atomic mass is 9.73. The second-order valence-corrected chi connectivity index (χ2v) is 5.10. The van der Waals surface area contributed by atoms with Gasteiger partial charge in [-0.25, -0.2) is 0 Å². The average molecular weight is 244 g/mol. The molecule has 2 aliphatic rings. The zero-order chi connectivity index (χ0) is 10.2. The largest absolute Gasteiger partial charge is 0.326 e. The molecule has 76 valence electrons. The molecule has 1 aliphatic carbocycles. The monoisotopic (exact) mass is 244 g/mol. The van der Waals surface area contributed by atoms with Gasteiger partial charge in [-0.1, -0.05) is 43.7 Å². The first-order chi connectivity index (χ1) is 6.65. The Morgan fingerprint density at radius 2 is 1.36 bits per heavy atom. The third-order valence-electron chi connectivity index (χ3n) is 3.03. The summed E-state index contributed by atoms with van der Waals surface area (Å²) in [4.78, 5) is 1.65. The van der Waals surface area contributed by atoms with Gasteiger partial charge in [-0.05, 0) is 25.1 Å². The van der Waals surface area contributed by atoms with Crippen LogP contribution in [0.25, 0.3) is 0 Å². The summed E-state index contributed by atoms with van der Waals surface area (Å²) < 4.78 is 0. The molecule has 0 aromatic carbocycles. The van der Waals surface area contributed by atoms with Gasteiger partial charge in [-0.15, -0.1) is 0 Å². The predicted molar refractivity (Wildman–Crippen MR) is 69.6 cm³/mol. The Bertz CT molecular complexity index is 283. The lowest BCUT2D eigenvalue weighted by Crippen LogP contribution is -2.61. The van der Waals surface area contributed by atoms with Gasteiger partial charge < -0.3 is 10.6 Å². The normalized spacial score (nSPS) is 25.9. The van der Waals surface area contributed by atoms with E-state index in [1.165, 1.54) is 19.3 Å². The number of hydrogen-bond acceptors (Lipinski definition) is 3. The molecule has 0 aromatic heterocycles. The van der Waals surface area contributed by atoms with E-state index in [0.29, 0.717) is 5.11 Å². The van der Waals surface area contributed by atoms with Crippen LogP contribution in [0.15, 0.2) is 0 Å². The smallest absolute Gasteiger partial charge is 0.176 e. The van der Waals surface area contributed by atoms with Crippen molar-refractivity contribution in [2.45, 2.75) is 32.1 Å². The van der Waals surface area contributed by atoms with Gasteiger partial charge in [0.05, 0.1) is 15.4 Å². The van der Waals surface area contributed by atoms with Crippen molar-refractivity contribution in [3.8, 4) is 0 Å². The van der Waals surface area contributed by atoms with E-state index in [1.54, 1.807) is 0 Å². The predicted octanol–water partition coefficient (Wildman–Crippen LogP) is 2.07. The van der Waals surface area contributed by atoms with Crippen LogP contribution in [0.1, 0.15) is 32.1 Å². The Kier molecular flexibility index (Phi) is 2.81. The summed E-state index contributed by atoms with van der Waals surface area (Å²) in [5.41, 5.74) is -0.0920. The van der Waals surface area contributed by atoms with Crippen LogP contribution in [0.2, 0.25) is 0 Å². The molecule has 0 amide bonds. The SMILES string of the molecule is S=C1NC(=S)C2(CCCCC2)C(=S)N1. The summed E-state index contributed by atoms with van der Waals surface area (Å²) in [6.07, 6.45) is 5.82. The highest BCUT2D eigenvalue weighted by Crippen LogP contribution is 2.39. The molecule has 1 saturated carbocycles. The minimum atomic E-state index is -0.0920. The van der Waals surface area contributed by atoms with Gasteiger partial charge in [0.15, 0.2) is 5.11 Å². The van der Waals surface area contributed by atoms with E-state index in [1.807, 2.05) is 0 Å². The molecule has 0 radical (unpaired) electrons. The zero-order valence-corrected chi connectivity index (χ0v) is 10.2. The molecule has 1 saturated heterocycles. The van der Waals surface area contributed by atoms with Gasteiger partial charge in [0.2, 0.25) is 0 Å². The molecule has 0 aromatic rings. The molecule has 2 fully saturated rings. The van der Waals surface area contributed by atoms with Crippen molar-refractivity contribution < 1.29 is 0 Å². The maximum Gasteiger partial charge on any atom is 0.176 e. The molecule has 0 bridgehead atoms. The van der Waals surface area contributed by atoms with Crippen molar-refractivity contribution in [2.24, 2.45) is 5.41 Å². The fraction of sp³-hybridized carbons (Fsp3) is 0.667. The summed E-state index contributed by atoms with van der Waals surface area (Å²) in [6.45, 7) is 0. The molecule has 1 heterocycles. The molecule has 1 aliphatic heterocycles. The van der Waals surface area contributed by atoms with Crippen LogP contribution in [-0.2, 0) is 0 Å². The van der Waals surface area contributed by atoms with E-state index in [9.17, 15) is 0 Å². The van der Waals surface area contributed by atoms with Crippen molar-refractivity contribution in [1.29, 1.82) is 0 Å². The van der Waals surface area contributed by atoms with Crippen molar-refractivity contribution in [1.82, 2.24) is 10.6 Å². The van der Waals surface area contributed by atoms with E-state index in [0.717, 1.165) is 22.8 Å². The van der Waals surface area contributed by atoms with Crippen LogP contribution < -0.4 is 10.6 Å². The molecular weight excluding hydrogens is 232 g/mol. The third-order valence-corrected chi connectivity index (χ3v) is 4.22. The maximum atomic E-state index is 5.37. The second-order valence-electron chi connectivity index (χ2n) is 3.88. The Balaban J connectivity index is 2.27. The molecule has 14 heavy (non-hydrogen) atoms. The Hall–Kier alpha value is -0.130. The highest BCUT2D eigenvalue weighted by Gasteiger charge is 2.43. The summed E-state index contributed by atoms with van der Waals surface area (Å²) >= 11 is 15.7. The van der Waals surface area contributed by atoms with Gasteiger partial charge in [-0.2, -0.15) is 0 Å². The second kappa shape index (κ2) is 3.79. The van der Waals surface area contributed by atoms with Crippen LogP contribution in [0.4, 0.5) is 0 Å². The van der Waals surface area contributed by atoms with E-state index < -0.39 is 0 Å². The van der Waals surface area contributed by atoms with Gasteiger partial charge >= 0.3 is 0 Å². The lowest BCUT2D eigenvalue weighted by molar-refractivity contribution is 0.371. The molecule has 0 atom stereocenters. The Morgan fingerprint density at radius 3 is 1.86 bits per heavy atom. The molecular formula is C9H12N2S3. The topological polar surface area (TPSA) is 24.1 Å². The van der Waals surface area contributed by atoms with Crippen LogP contribution in [0, 0.1) is 5.41 Å². The van der Waals surface area contributed by atoms with E-state index in [-0.39, 0.29) is 5.41 Å². The number of hydrogen-bond donors (Lipinski definition) is 2. The standard InChI is InChI=1S/C9H12N2S3/c12-6-9(4-2-1-3-5-9)7(13)11-8(14)10-6/h1-5H2,(H2,10,11,12,13,14). The Labute approximate surface area is 99.8 Å². The first-order valence-electron chi connectivity index (χ1n) is 4.82. The molecule has 1 spiro atoms. The fourth-order valence-corrected chi connectivity index (χ4v) is 3.40. The summed E-state index contributed by atoms with van der Waals surface area (Å²) in [5.74, 6) is 0. The fourth-order valence-electron chi connectivity index (χ4n) is 2.19. The number of nitrogens with one attached hydrogen (secondary N) is 2. The molecule has 0 unspecified atom stereocenters. The van der Waals surface area contributed by atoms with Gasteiger partial charge in [0.1, 0.15) is 0 Å². The Morgan fingerprint density at radius 1 is 0.857 bits per heavy atom. The van der Waals surface area contributed by atoms with Crippen molar-refractivity contribution in [3.63, 3.8) is 0 Å². The highest BCUT2D eigenvalue weighted by atomic mass is 32.1. The van der Waals surface area contributed by atoms with Gasteiger partial charge in [-0.3, -0.25) is 0 Å². The minimum Gasteiger partial charge on any atom is -0.326 e. The minimum absolute atomic E-state index is 0.0920. The summed E-state index contributed by atoms with van der Waals surface area (Å²) in [7, 11) is 0. The molecule has 2 rings (SSSR count).